The van der Waals surface area contributed by atoms with Crippen molar-refractivity contribution in [3.63, 3.8) is 0 Å². The molecule has 1 fully saturated rings. The first-order valence-electron chi connectivity index (χ1n) is 4.02. The fraction of sp³-hybridized carbons (Fsp3) is 0.571. The van der Waals surface area contributed by atoms with E-state index in [9.17, 15) is 4.79 Å². The smallest absolute Gasteiger partial charge is 0.316 e. The van der Waals surface area contributed by atoms with E-state index in [2.05, 4.69) is 20.9 Å². The number of carbonyl (C=O) groups excluding carboxylic acids is 1. The number of urea groups is 1. The maximum absolute atomic E-state index is 10.7. The number of carbonyl (C=O) groups is 1. The lowest BCUT2D eigenvalue weighted by atomic mass is 10.1. The Morgan fingerprint density at radius 2 is 1.85 bits per heavy atom. The molecule has 0 spiro atoms. The van der Waals surface area contributed by atoms with Crippen molar-refractivity contribution in [1.82, 2.24) is 10.6 Å². The minimum Gasteiger partial charge on any atom is -0.316 e. The maximum atomic E-state index is 10.7. The Morgan fingerprint density at radius 1 is 1.15 bits per heavy atom. The van der Waals surface area contributed by atoms with Gasteiger partial charge in [-0.2, -0.15) is 0 Å². The molecule has 0 aromatic heterocycles. The molecule has 0 atom stereocenters. The van der Waals surface area contributed by atoms with Crippen molar-refractivity contribution < 1.29 is 4.79 Å². The quantitative estimate of drug-likeness (QED) is 0.620. The van der Waals surface area contributed by atoms with E-state index in [1.54, 1.807) is 0 Å². The Balaban J connectivity index is 0.000000845. The highest BCUT2D eigenvalue weighted by molar-refractivity contribution is 5.85. The van der Waals surface area contributed by atoms with Crippen molar-refractivity contribution in [2.75, 3.05) is 13.1 Å². The molecule has 2 aliphatic rings. The fourth-order valence-corrected chi connectivity index (χ4v) is 1.37. The van der Waals surface area contributed by atoms with E-state index in [1.165, 1.54) is 5.57 Å². The molecule has 2 N–H and O–H groups in total. The Labute approximate surface area is 82.1 Å². The van der Waals surface area contributed by atoms with Crippen molar-refractivity contribution in [2.24, 2.45) is 10.2 Å². The zero-order chi connectivity index (χ0) is 8.39. The molecule has 6 heteroatoms. The van der Waals surface area contributed by atoms with Gasteiger partial charge in [0.15, 0.2) is 5.82 Å². The molecular weight excluding hydrogens is 192 g/mol. The van der Waals surface area contributed by atoms with Crippen LogP contribution in [0.2, 0.25) is 0 Å². The van der Waals surface area contributed by atoms with Crippen LogP contribution in [0, 0.1) is 0 Å². The number of halogens is 1. The first-order valence-corrected chi connectivity index (χ1v) is 4.02. The molecule has 13 heavy (non-hydrogen) atoms. The van der Waals surface area contributed by atoms with Gasteiger partial charge in [-0.25, -0.2) is 4.79 Å². The summed E-state index contributed by atoms with van der Waals surface area (Å²) >= 11 is 0. The van der Waals surface area contributed by atoms with E-state index in [1.807, 2.05) is 0 Å². The van der Waals surface area contributed by atoms with Gasteiger partial charge in [0.2, 0.25) is 0 Å². The predicted octanol–water partition coefficient (Wildman–Crippen LogP) is 1.18. The summed E-state index contributed by atoms with van der Waals surface area (Å²) in [6.45, 7) is 1.93. The van der Waals surface area contributed by atoms with E-state index >= 15 is 0 Å². The van der Waals surface area contributed by atoms with Crippen LogP contribution in [-0.2, 0) is 0 Å². The topological polar surface area (TPSA) is 65.8 Å². The van der Waals surface area contributed by atoms with Gasteiger partial charge in [0.05, 0.1) is 0 Å². The Morgan fingerprint density at radius 3 is 2.38 bits per heavy atom. The van der Waals surface area contributed by atoms with E-state index in [4.69, 9.17) is 0 Å². The van der Waals surface area contributed by atoms with Gasteiger partial charge < -0.3 is 5.32 Å². The number of amides is 2. The molecule has 0 aliphatic carbocycles. The Bertz CT molecular complexity index is 266. The number of hydrogen-bond acceptors (Lipinski definition) is 3. The van der Waals surface area contributed by atoms with E-state index in [0.29, 0.717) is 5.82 Å². The standard InChI is InChI=1S/C7H10N4O.ClH/c12-7-9-6(10-11-7)5-1-3-8-4-2-5;/h8H,1-4H2,(H,9,12);1H. The minimum atomic E-state index is -0.351. The predicted molar refractivity (Wildman–Crippen MR) is 49.8 cm³/mol. The second-order valence-electron chi connectivity index (χ2n) is 2.83. The Hall–Kier alpha value is -0.940. The van der Waals surface area contributed by atoms with Crippen LogP contribution < -0.4 is 10.6 Å². The van der Waals surface area contributed by atoms with Crippen LogP contribution in [0.5, 0.6) is 0 Å². The summed E-state index contributed by atoms with van der Waals surface area (Å²) in [5, 5.41) is 13.0. The fourth-order valence-electron chi connectivity index (χ4n) is 1.37. The molecule has 2 amide bonds. The number of piperidine rings is 1. The van der Waals surface area contributed by atoms with E-state index < -0.39 is 0 Å². The van der Waals surface area contributed by atoms with Crippen molar-refractivity contribution in [1.29, 1.82) is 0 Å². The monoisotopic (exact) mass is 202 g/mol. The summed E-state index contributed by atoms with van der Waals surface area (Å²) in [5.41, 5.74) is 1.20. The molecular formula is C7H11ClN4O. The van der Waals surface area contributed by atoms with Crippen LogP contribution in [0.15, 0.2) is 21.6 Å². The van der Waals surface area contributed by atoms with Gasteiger partial charge in [-0.15, -0.1) is 17.5 Å². The van der Waals surface area contributed by atoms with Gasteiger partial charge in [0, 0.05) is 0 Å². The van der Waals surface area contributed by atoms with Crippen LogP contribution in [0.3, 0.4) is 0 Å². The zero-order valence-electron chi connectivity index (χ0n) is 7.04. The summed E-state index contributed by atoms with van der Waals surface area (Å²) in [6, 6.07) is -0.351. The van der Waals surface area contributed by atoms with Gasteiger partial charge in [-0.3, -0.25) is 5.32 Å². The highest BCUT2D eigenvalue weighted by atomic mass is 35.5. The first-order chi connectivity index (χ1) is 5.86. The third-order valence-electron chi connectivity index (χ3n) is 2.01. The van der Waals surface area contributed by atoms with Crippen LogP contribution in [-0.4, -0.2) is 19.1 Å². The molecule has 0 radical (unpaired) electrons. The average molecular weight is 203 g/mol. The molecule has 0 bridgehead atoms. The number of nitrogens with one attached hydrogen (secondary N) is 2. The van der Waals surface area contributed by atoms with Crippen LogP contribution in [0.1, 0.15) is 12.8 Å². The molecule has 2 aliphatic heterocycles. The highest BCUT2D eigenvalue weighted by Crippen LogP contribution is 2.17. The largest absolute Gasteiger partial charge is 0.365 e. The van der Waals surface area contributed by atoms with E-state index in [-0.39, 0.29) is 18.4 Å². The summed E-state index contributed by atoms with van der Waals surface area (Å²) in [6.07, 6.45) is 1.91. The molecule has 1 saturated heterocycles. The SMILES string of the molecule is Cl.O=C1N=NC(=C2CCNCC2)N1. The van der Waals surface area contributed by atoms with Gasteiger partial charge in [0.1, 0.15) is 0 Å². The number of nitrogens with zero attached hydrogens (tertiary/aromatic N) is 2. The number of hydrogen-bond donors (Lipinski definition) is 2. The van der Waals surface area contributed by atoms with E-state index in [0.717, 1.165) is 25.9 Å². The molecule has 0 saturated carbocycles. The third kappa shape index (κ3) is 2.26. The average Bonchev–Trinajstić information content (AvgIpc) is 2.54. The number of azo groups is 1. The van der Waals surface area contributed by atoms with Crippen molar-refractivity contribution in [3.05, 3.63) is 11.4 Å². The summed E-state index contributed by atoms with van der Waals surface area (Å²) in [7, 11) is 0. The molecule has 0 aromatic rings. The summed E-state index contributed by atoms with van der Waals surface area (Å²) < 4.78 is 0. The molecule has 2 rings (SSSR count). The third-order valence-corrected chi connectivity index (χ3v) is 2.01. The number of rotatable bonds is 0. The first kappa shape index (κ1) is 10.1. The lowest BCUT2D eigenvalue weighted by molar-refractivity contribution is 0.253. The van der Waals surface area contributed by atoms with Crippen molar-refractivity contribution in [3.8, 4) is 0 Å². The zero-order valence-corrected chi connectivity index (χ0v) is 7.86. The second-order valence-corrected chi connectivity index (χ2v) is 2.83. The van der Waals surface area contributed by atoms with Gasteiger partial charge in [-0.1, -0.05) is 5.11 Å². The van der Waals surface area contributed by atoms with Gasteiger partial charge in [-0.05, 0) is 31.5 Å². The minimum absolute atomic E-state index is 0. The van der Waals surface area contributed by atoms with Crippen LogP contribution >= 0.6 is 12.4 Å². The second kappa shape index (κ2) is 4.34. The van der Waals surface area contributed by atoms with Gasteiger partial charge >= 0.3 is 6.03 Å². The van der Waals surface area contributed by atoms with Crippen LogP contribution in [0.4, 0.5) is 4.79 Å². The van der Waals surface area contributed by atoms with Gasteiger partial charge in [0.25, 0.3) is 0 Å². The van der Waals surface area contributed by atoms with Crippen molar-refractivity contribution >= 4 is 18.4 Å². The molecule has 0 aromatic carbocycles. The van der Waals surface area contributed by atoms with Crippen molar-refractivity contribution in [2.45, 2.75) is 12.8 Å². The summed E-state index contributed by atoms with van der Waals surface area (Å²) in [5.74, 6) is 0.668. The Kier molecular flexibility index (Phi) is 3.39. The highest BCUT2D eigenvalue weighted by Gasteiger charge is 2.16. The van der Waals surface area contributed by atoms with Crippen LogP contribution in [0.25, 0.3) is 0 Å². The lowest BCUT2D eigenvalue weighted by Crippen LogP contribution is -2.25. The molecule has 2 heterocycles. The molecule has 5 nitrogen and oxygen atoms in total. The summed E-state index contributed by atoms with van der Waals surface area (Å²) in [4.78, 5) is 10.7. The molecule has 0 unspecified atom stereocenters. The lowest BCUT2D eigenvalue weighted by Gasteiger charge is -2.15. The molecule has 72 valence electrons. The maximum Gasteiger partial charge on any atom is 0.365 e. The normalized spacial score (nSPS) is 21.4.